The molecule has 1 atom stereocenters. The molecule has 4 rings (SSSR count). The minimum absolute atomic E-state index is 0.117. The molecule has 1 unspecified atom stereocenters. The van der Waals surface area contributed by atoms with Crippen molar-refractivity contribution in [1.82, 2.24) is 9.97 Å². The highest BCUT2D eigenvalue weighted by atomic mass is 16.6. The molecule has 9 heteroatoms. The first-order chi connectivity index (χ1) is 14.1. The van der Waals surface area contributed by atoms with Gasteiger partial charge in [0.05, 0.1) is 17.4 Å². The van der Waals surface area contributed by atoms with Crippen LogP contribution in [0.5, 0.6) is 0 Å². The molecule has 1 fully saturated rings. The summed E-state index contributed by atoms with van der Waals surface area (Å²) in [6.07, 6.45) is 3.63. The molecule has 1 aromatic carbocycles. The molecule has 1 aromatic heterocycles. The molecule has 0 bridgehead atoms. The molecule has 0 radical (unpaired) electrons. The van der Waals surface area contributed by atoms with Crippen LogP contribution in [0.15, 0.2) is 30.6 Å². The van der Waals surface area contributed by atoms with Crippen LogP contribution >= 0.6 is 0 Å². The van der Waals surface area contributed by atoms with E-state index in [1.54, 1.807) is 6.92 Å². The lowest BCUT2D eigenvalue weighted by molar-refractivity contribution is -0.383. The molecule has 29 heavy (non-hydrogen) atoms. The normalized spacial score (nSPS) is 18.4. The summed E-state index contributed by atoms with van der Waals surface area (Å²) < 4.78 is 5.15. The molecule has 0 aliphatic carbocycles. The zero-order valence-electron chi connectivity index (χ0n) is 16.3. The predicted molar refractivity (Wildman–Crippen MR) is 107 cm³/mol. The fourth-order valence-corrected chi connectivity index (χ4v) is 4.13. The number of fused-ring (bicyclic) bond motifs is 1. The lowest BCUT2D eigenvalue weighted by atomic mass is 9.98. The molecular weight excluding hydrogens is 374 g/mol. The number of hydrogen-bond acceptors (Lipinski definition) is 8. The van der Waals surface area contributed by atoms with Crippen molar-refractivity contribution in [3.05, 3.63) is 46.3 Å². The van der Waals surface area contributed by atoms with Crippen LogP contribution in [0, 0.1) is 16.0 Å². The van der Waals surface area contributed by atoms with Gasteiger partial charge in [0.2, 0.25) is 11.6 Å². The summed E-state index contributed by atoms with van der Waals surface area (Å²) in [5.41, 5.74) is 1.96. The predicted octanol–water partition coefficient (Wildman–Crippen LogP) is 2.86. The molecular formula is C20H23N5O4. The van der Waals surface area contributed by atoms with E-state index in [1.165, 1.54) is 6.33 Å². The number of nitro groups is 1. The number of nitrogens with zero attached hydrogens (tertiary/aromatic N) is 5. The molecule has 0 saturated carbocycles. The third-order valence-corrected chi connectivity index (χ3v) is 5.45. The number of benzene rings is 1. The number of carbonyl (C=O) groups is 1. The summed E-state index contributed by atoms with van der Waals surface area (Å²) in [7, 11) is 0. The standard InChI is InChI=1S/C20H23N5O4/c1-2-29-20(26)15-7-5-10-23(12-15)18-17(25(27)28)19(22-13-21-18)24-11-9-14-6-3-4-8-16(14)24/h3-4,6,8,13,15H,2,5,7,9-12H2,1H3. The second-order valence-electron chi connectivity index (χ2n) is 7.19. The van der Waals surface area contributed by atoms with Crippen LogP contribution in [0.2, 0.25) is 0 Å². The lowest BCUT2D eigenvalue weighted by Crippen LogP contribution is -2.40. The first kappa shape index (κ1) is 19.1. The van der Waals surface area contributed by atoms with Gasteiger partial charge in [-0.05, 0) is 37.8 Å². The summed E-state index contributed by atoms with van der Waals surface area (Å²) in [6, 6.07) is 7.86. The summed E-state index contributed by atoms with van der Waals surface area (Å²) >= 11 is 0. The van der Waals surface area contributed by atoms with E-state index in [0.29, 0.717) is 38.5 Å². The molecule has 2 aromatic rings. The van der Waals surface area contributed by atoms with Gasteiger partial charge in [0.1, 0.15) is 6.33 Å². The van der Waals surface area contributed by atoms with Crippen LogP contribution in [0.4, 0.5) is 23.0 Å². The average molecular weight is 397 g/mol. The fourth-order valence-electron chi connectivity index (χ4n) is 4.13. The first-order valence-electron chi connectivity index (χ1n) is 9.86. The van der Waals surface area contributed by atoms with Gasteiger partial charge in [-0.15, -0.1) is 0 Å². The summed E-state index contributed by atoms with van der Waals surface area (Å²) in [6.45, 7) is 3.67. The monoisotopic (exact) mass is 397 g/mol. The van der Waals surface area contributed by atoms with Crippen molar-refractivity contribution in [1.29, 1.82) is 0 Å². The van der Waals surface area contributed by atoms with E-state index in [-0.39, 0.29) is 23.4 Å². The SMILES string of the molecule is CCOC(=O)C1CCCN(c2ncnc(N3CCc4ccccc43)c2[N+](=O)[O-])C1. The maximum absolute atomic E-state index is 12.2. The van der Waals surface area contributed by atoms with Gasteiger partial charge in [-0.2, -0.15) is 0 Å². The minimum atomic E-state index is -0.417. The van der Waals surface area contributed by atoms with Crippen molar-refractivity contribution in [2.45, 2.75) is 26.2 Å². The molecule has 152 valence electrons. The number of rotatable bonds is 5. The Balaban J connectivity index is 1.70. The van der Waals surface area contributed by atoms with Crippen molar-refractivity contribution in [3.8, 4) is 0 Å². The number of para-hydroxylation sites is 1. The van der Waals surface area contributed by atoms with E-state index in [0.717, 1.165) is 24.1 Å². The molecule has 1 saturated heterocycles. The third-order valence-electron chi connectivity index (χ3n) is 5.45. The average Bonchev–Trinajstić information content (AvgIpc) is 3.17. The van der Waals surface area contributed by atoms with Crippen molar-refractivity contribution in [2.75, 3.05) is 36.0 Å². The van der Waals surface area contributed by atoms with Gasteiger partial charge in [0.25, 0.3) is 0 Å². The minimum Gasteiger partial charge on any atom is -0.466 e. The fraction of sp³-hybridized carbons (Fsp3) is 0.450. The van der Waals surface area contributed by atoms with Crippen molar-refractivity contribution < 1.29 is 14.5 Å². The summed E-state index contributed by atoms with van der Waals surface area (Å²) in [4.78, 5) is 36.0. The van der Waals surface area contributed by atoms with Crippen LogP contribution in [-0.4, -0.2) is 47.1 Å². The Hall–Kier alpha value is -3.23. The van der Waals surface area contributed by atoms with Gasteiger partial charge in [-0.25, -0.2) is 9.97 Å². The maximum Gasteiger partial charge on any atom is 0.353 e. The second-order valence-corrected chi connectivity index (χ2v) is 7.19. The summed E-state index contributed by atoms with van der Waals surface area (Å²) in [5.74, 6) is -0.0153. The molecule has 0 spiro atoms. The van der Waals surface area contributed by atoms with E-state index in [1.807, 2.05) is 34.1 Å². The molecule has 2 aliphatic rings. The molecule has 9 nitrogen and oxygen atoms in total. The number of ether oxygens (including phenoxy) is 1. The Kier molecular flexibility index (Phi) is 5.28. The van der Waals surface area contributed by atoms with Crippen molar-refractivity contribution in [3.63, 3.8) is 0 Å². The van der Waals surface area contributed by atoms with Crippen LogP contribution in [0.3, 0.4) is 0 Å². The Bertz CT molecular complexity index is 935. The number of aromatic nitrogens is 2. The quantitative estimate of drug-likeness (QED) is 0.431. The Morgan fingerprint density at radius 1 is 1.28 bits per heavy atom. The molecule has 0 N–H and O–H groups in total. The smallest absolute Gasteiger partial charge is 0.353 e. The van der Waals surface area contributed by atoms with Gasteiger partial charge in [0.15, 0.2) is 0 Å². The Morgan fingerprint density at radius 2 is 2.07 bits per heavy atom. The first-order valence-corrected chi connectivity index (χ1v) is 9.86. The van der Waals surface area contributed by atoms with Gasteiger partial charge >= 0.3 is 11.7 Å². The highest BCUT2D eigenvalue weighted by Gasteiger charge is 2.36. The van der Waals surface area contributed by atoms with Gasteiger partial charge < -0.3 is 14.5 Å². The van der Waals surface area contributed by atoms with E-state index in [2.05, 4.69) is 9.97 Å². The van der Waals surface area contributed by atoms with Crippen molar-refractivity contribution >= 4 is 29.0 Å². The highest BCUT2D eigenvalue weighted by molar-refractivity contribution is 5.79. The van der Waals surface area contributed by atoms with Crippen LogP contribution in [-0.2, 0) is 16.0 Å². The number of anilines is 3. The van der Waals surface area contributed by atoms with E-state index >= 15 is 0 Å². The molecule has 3 heterocycles. The Morgan fingerprint density at radius 3 is 2.86 bits per heavy atom. The van der Waals surface area contributed by atoms with Crippen molar-refractivity contribution in [2.24, 2.45) is 5.92 Å². The van der Waals surface area contributed by atoms with Crippen LogP contribution in [0.25, 0.3) is 0 Å². The lowest BCUT2D eigenvalue weighted by Gasteiger charge is -2.32. The topological polar surface area (TPSA) is 102 Å². The third kappa shape index (κ3) is 3.59. The zero-order chi connectivity index (χ0) is 20.4. The molecule has 0 amide bonds. The van der Waals surface area contributed by atoms with Gasteiger partial charge in [-0.1, -0.05) is 18.2 Å². The maximum atomic E-state index is 12.2. The van der Waals surface area contributed by atoms with E-state index in [4.69, 9.17) is 4.74 Å². The highest BCUT2D eigenvalue weighted by Crippen LogP contribution is 2.41. The molecule has 2 aliphatic heterocycles. The number of piperidine rings is 1. The van der Waals surface area contributed by atoms with E-state index in [9.17, 15) is 14.9 Å². The van der Waals surface area contributed by atoms with Crippen LogP contribution < -0.4 is 9.80 Å². The number of esters is 1. The van der Waals surface area contributed by atoms with Crippen LogP contribution in [0.1, 0.15) is 25.3 Å². The number of carbonyl (C=O) groups excluding carboxylic acids is 1. The van der Waals surface area contributed by atoms with E-state index < -0.39 is 4.92 Å². The van der Waals surface area contributed by atoms with Gasteiger partial charge in [0, 0.05) is 25.3 Å². The second kappa shape index (κ2) is 8.02. The zero-order valence-corrected chi connectivity index (χ0v) is 16.3. The Labute approximate surface area is 168 Å². The summed E-state index contributed by atoms with van der Waals surface area (Å²) in [5, 5.41) is 12.1. The largest absolute Gasteiger partial charge is 0.466 e. The number of hydrogen-bond donors (Lipinski definition) is 0. The van der Waals surface area contributed by atoms with Gasteiger partial charge in [-0.3, -0.25) is 14.9 Å².